The average Bonchev–Trinajstić information content (AvgIpc) is 2.04. The van der Waals surface area contributed by atoms with Crippen LogP contribution in [0.2, 0.25) is 0 Å². The van der Waals surface area contributed by atoms with Crippen molar-refractivity contribution in [3.05, 3.63) is 37.4 Å². The van der Waals surface area contributed by atoms with E-state index in [0.717, 1.165) is 3.57 Å². The zero-order valence-electron chi connectivity index (χ0n) is 5.96. The van der Waals surface area contributed by atoms with E-state index in [-0.39, 0.29) is 11.6 Å². The maximum Gasteiger partial charge on any atom is 0.274 e. The van der Waals surface area contributed by atoms with E-state index < -0.39 is 4.92 Å². The first kappa shape index (κ1) is 9.73. The molecule has 0 radical (unpaired) electrons. The summed E-state index contributed by atoms with van der Waals surface area (Å²) < 4.78 is 0.841. The minimum atomic E-state index is -0.417. The number of nitro benzene ring substituents is 1. The van der Waals surface area contributed by atoms with E-state index in [4.69, 9.17) is 11.6 Å². The van der Waals surface area contributed by atoms with E-state index in [2.05, 4.69) is 0 Å². The van der Waals surface area contributed by atoms with Gasteiger partial charge in [0.2, 0.25) is 0 Å². The molecule has 0 atom stereocenters. The van der Waals surface area contributed by atoms with E-state index in [0.29, 0.717) is 5.56 Å². The predicted octanol–water partition coefficient (Wildman–Crippen LogP) is 2.94. The fourth-order valence-corrected chi connectivity index (χ4v) is 1.52. The lowest BCUT2D eigenvalue weighted by atomic mass is 10.2. The van der Waals surface area contributed by atoms with Gasteiger partial charge in [-0.25, -0.2) is 0 Å². The van der Waals surface area contributed by atoms with Crippen LogP contribution in [0.3, 0.4) is 0 Å². The quantitative estimate of drug-likeness (QED) is 0.364. The minimum Gasteiger partial charge on any atom is -0.258 e. The second-order valence-electron chi connectivity index (χ2n) is 2.16. The summed E-state index contributed by atoms with van der Waals surface area (Å²) in [6.07, 6.45) is 0. The molecule has 0 heterocycles. The van der Waals surface area contributed by atoms with Crippen LogP contribution >= 0.6 is 34.2 Å². The Labute approximate surface area is 88.0 Å². The van der Waals surface area contributed by atoms with Crippen LogP contribution in [-0.2, 0) is 5.88 Å². The van der Waals surface area contributed by atoms with Gasteiger partial charge in [-0.2, -0.15) is 0 Å². The summed E-state index contributed by atoms with van der Waals surface area (Å²) in [4.78, 5) is 10.1. The molecule has 0 aliphatic carbocycles. The van der Waals surface area contributed by atoms with Crippen molar-refractivity contribution >= 4 is 39.9 Å². The van der Waals surface area contributed by atoms with Crippen molar-refractivity contribution in [3.8, 4) is 0 Å². The van der Waals surface area contributed by atoms with Crippen LogP contribution in [0.1, 0.15) is 5.56 Å². The summed E-state index contributed by atoms with van der Waals surface area (Å²) in [5, 5.41) is 10.5. The minimum absolute atomic E-state index is 0.0944. The molecule has 0 amide bonds. The first-order valence-corrected chi connectivity index (χ1v) is 4.75. The first-order valence-electron chi connectivity index (χ1n) is 3.14. The Morgan fingerprint density at radius 2 is 2.25 bits per heavy atom. The van der Waals surface area contributed by atoms with E-state index >= 15 is 0 Å². The summed E-state index contributed by atoms with van der Waals surface area (Å²) in [6, 6.07) is 4.98. The van der Waals surface area contributed by atoms with E-state index in [1.807, 2.05) is 22.6 Å². The molecule has 64 valence electrons. The number of benzene rings is 1. The van der Waals surface area contributed by atoms with Gasteiger partial charge in [-0.15, -0.1) is 11.6 Å². The summed E-state index contributed by atoms with van der Waals surface area (Å²) in [7, 11) is 0. The molecule has 1 rings (SSSR count). The van der Waals surface area contributed by atoms with Crippen LogP contribution in [0.25, 0.3) is 0 Å². The molecule has 0 saturated heterocycles. The van der Waals surface area contributed by atoms with Gasteiger partial charge in [0.15, 0.2) is 0 Å². The highest BCUT2D eigenvalue weighted by molar-refractivity contribution is 14.1. The lowest BCUT2D eigenvalue weighted by molar-refractivity contribution is -0.385. The molecule has 12 heavy (non-hydrogen) atoms. The fourth-order valence-electron chi connectivity index (χ4n) is 0.820. The number of nitrogens with zero attached hydrogens (tertiary/aromatic N) is 1. The molecule has 3 nitrogen and oxygen atoms in total. The average molecular weight is 297 g/mol. The van der Waals surface area contributed by atoms with Gasteiger partial charge in [0.25, 0.3) is 5.69 Å². The van der Waals surface area contributed by atoms with Gasteiger partial charge >= 0.3 is 0 Å². The molecule has 0 N–H and O–H groups in total. The highest BCUT2D eigenvalue weighted by Gasteiger charge is 2.12. The third kappa shape index (κ3) is 2.07. The monoisotopic (exact) mass is 297 g/mol. The molecule has 1 aromatic rings. The lowest BCUT2D eigenvalue weighted by Crippen LogP contribution is -1.93. The summed E-state index contributed by atoms with van der Waals surface area (Å²) >= 11 is 7.55. The maximum absolute atomic E-state index is 10.5. The van der Waals surface area contributed by atoms with Crippen LogP contribution in [0.4, 0.5) is 5.69 Å². The van der Waals surface area contributed by atoms with Crippen LogP contribution in [0.15, 0.2) is 18.2 Å². The Bertz CT molecular complexity index is 316. The Kier molecular flexibility index (Phi) is 3.28. The molecular formula is C7H5ClINO2. The van der Waals surface area contributed by atoms with Crippen LogP contribution < -0.4 is 0 Å². The van der Waals surface area contributed by atoms with Crippen molar-refractivity contribution in [3.63, 3.8) is 0 Å². The van der Waals surface area contributed by atoms with Crippen molar-refractivity contribution in [1.82, 2.24) is 0 Å². The van der Waals surface area contributed by atoms with E-state index in [9.17, 15) is 10.1 Å². The second-order valence-corrected chi connectivity index (χ2v) is 3.68. The summed E-state index contributed by atoms with van der Waals surface area (Å²) in [6.45, 7) is 0. The predicted molar refractivity (Wildman–Crippen MR) is 55.4 cm³/mol. The van der Waals surface area contributed by atoms with Crippen molar-refractivity contribution in [2.45, 2.75) is 5.88 Å². The molecule has 0 spiro atoms. The molecular weight excluding hydrogens is 292 g/mol. The topological polar surface area (TPSA) is 43.1 Å². The van der Waals surface area contributed by atoms with Crippen molar-refractivity contribution in [2.75, 3.05) is 0 Å². The molecule has 0 saturated carbocycles. The lowest BCUT2D eigenvalue weighted by Gasteiger charge is -1.98. The molecule has 0 aliphatic heterocycles. The number of hydrogen-bond acceptors (Lipinski definition) is 2. The van der Waals surface area contributed by atoms with Crippen molar-refractivity contribution in [1.29, 1.82) is 0 Å². The van der Waals surface area contributed by atoms with Gasteiger partial charge in [0.05, 0.1) is 10.8 Å². The number of nitro groups is 1. The molecule has 5 heteroatoms. The van der Waals surface area contributed by atoms with Gasteiger partial charge in [0.1, 0.15) is 0 Å². The number of alkyl halides is 1. The normalized spacial score (nSPS) is 9.83. The summed E-state index contributed by atoms with van der Waals surface area (Å²) in [5.74, 6) is 0.174. The van der Waals surface area contributed by atoms with Gasteiger partial charge in [-0.1, -0.05) is 0 Å². The van der Waals surface area contributed by atoms with Crippen LogP contribution in [0, 0.1) is 13.7 Å². The standard InChI is InChI=1S/C7H5ClINO2/c8-4-5-1-2-6(9)3-7(5)10(11)12/h1-3H,4H2. The highest BCUT2D eigenvalue weighted by atomic mass is 127. The molecule has 0 unspecified atom stereocenters. The first-order chi connectivity index (χ1) is 5.65. The zero-order valence-corrected chi connectivity index (χ0v) is 8.87. The largest absolute Gasteiger partial charge is 0.274 e. The molecule has 0 aliphatic rings. The van der Waals surface area contributed by atoms with Gasteiger partial charge in [0, 0.05) is 15.2 Å². The Morgan fingerprint density at radius 3 is 2.75 bits per heavy atom. The van der Waals surface area contributed by atoms with Crippen LogP contribution in [-0.4, -0.2) is 4.92 Å². The molecule has 0 aromatic heterocycles. The SMILES string of the molecule is O=[N+]([O-])c1cc(I)ccc1CCl. The Balaban J connectivity index is 3.21. The zero-order chi connectivity index (χ0) is 9.14. The van der Waals surface area contributed by atoms with Gasteiger partial charge < -0.3 is 0 Å². The third-order valence-corrected chi connectivity index (χ3v) is 2.35. The fraction of sp³-hybridized carbons (Fsp3) is 0.143. The second kappa shape index (κ2) is 4.04. The molecule has 1 aromatic carbocycles. The molecule has 0 bridgehead atoms. The summed E-state index contributed by atoms with van der Waals surface area (Å²) in [5.41, 5.74) is 0.652. The third-order valence-electron chi connectivity index (χ3n) is 1.39. The van der Waals surface area contributed by atoms with Crippen molar-refractivity contribution in [2.24, 2.45) is 0 Å². The number of rotatable bonds is 2. The highest BCUT2D eigenvalue weighted by Crippen LogP contribution is 2.22. The maximum atomic E-state index is 10.5. The number of halogens is 2. The molecule has 0 fully saturated rings. The Morgan fingerprint density at radius 1 is 1.58 bits per heavy atom. The number of hydrogen-bond donors (Lipinski definition) is 0. The van der Waals surface area contributed by atoms with Crippen molar-refractivity contribution < 1.29 is 4.92 Å². The van der Waals surface area contributed by atoms with E-state index in [1.165, 1.54) is 6.07 Å². The van der Waals surface area contributed by atoms with E-state index in [1.54, 1.807) is 12.1 Å². The smallest absolute Gasteiger partial charge is 0.258 e. The van der Waals surface area contributed by atoms with Crippen LogP contribution in [0.5, 0.6) is 0 Å². The Hall–Kier alpha value is -0.360. The van der Waals surface area contributed by atoms with Gasteiger partial charge in [-0.3, -0.25) is 10.1 Å². The van der Waals surface area contributed by atoms with Gasteiger partial charge in [-0.05, 0) is 34.7 Å².